The van der Waals surface area contributed by atoms with Crippen LogP contribution in [-0.4, -0.2) is 28.5 Å². The molecule has 3 N–H and O–H groups in total. The first-order valence-corrected chi connectivity index (χ1v) is 11.6. The fourth-order valence-corrected chi connectivity index (χ4v) is 4.10. The highest BCUT2D eigenvalue weighted by Gasteiger charge is 2.25. The summed E-state index contributed by atoms with van der Waals surface area (Å²) < 4.78 is 0. The first-order valence-electron chi connectivity index (χ1n) is 11.6. The molecule has 0 fully saturated rings. The molecule has 1 heterocycles. The summed E-state index contributed by atoms with van der Waals surface area (Å²) in [6, 6.07) is 7.54. The summed E-state index contributed by atoms with van der Waals surface area (Å²) in [5.41, 5.74) is 4.02. The van der Waals surface area contributed by atoms with E-state index in [1.165, 1.54) is 16.4 Å². The Morgan fingerprint density at radius 2 is 1.80 bits per heavy atom. The second-order valence-corrected chi connectivity index (χ2v) is 7.82. The Labute approximate surface area is 208 Å². The maximum atomic E-state index is 12.3. The van der Waals surface area contributed by atoms with Crippen molar-refractivity contribution in [1.29, 1.82) is 0 Å². The van der Waals surface area contributed by atoms with Crippen LogP contribution in [0.1, 0.15) is 67.4 Å². The zero-order chi connectivity index (χ0) is 26.4. The lowest BCUT2D eigenvalue weighted by molar-refractivity contribution is -0.136. The molecule has 0 aliphatic rings. The molecule has 35 heavy (non-hydrogen) atoms. The van der Waals surface area contributed by atoms with Gasteiger partial charge in [-0.2, -0.15) is 0 Å². The third kappa shape index (κ3) is 7.75. The minimum absolute atomic E-state index is 0.0950. The number of aromatic nitrogens is 1. The van der Waals surface area contributed by atoms with E-state index in [0.717, 1.165) is 10.9 Å². The molecule has 0 spiro atoms. The normalized spacial score (nSPS) is 14.2. The quantitative estimate of drug-likeness (QED) is 0.348. The zero-order valence-electron chi connectivity index (χ0n) is 21.0. The predicted molar refractivity (Wildman–Crippen MR) is 145 cm³/mol. The zero-order valence-corrected chi connectivity index (χ0v) is 21.0. The molecule has 1 aromatic carbocycles. The number of rotatable bonds is 10. The van der Waals surface area contributed by atoms with Crippen LogP contribution in [0.4, 0.5) is 0 Å². The molecule has 0 bridgehead atoms. The molecule has 2 unspecified atom stereocenters. The molecule has 1 aromatic heterocycles. The third-order valence-electron chi connectivity index (χ3n) is 5.84. The van der Waals surface area contributed by atoms with E-state index in [9.17, 15) is 9.59 Å². The van der Waals surface area contributed by atoms with Crippen molar-refractivity contribution in [1.82, 2.24) is 10.3 Å². The standard InChI is InChI=1S/C28H34N2O3.C2H2/c1-6-10-11-20(7-2)27(24-18-30-25(9-4)23(24)8-3)19(5)21-12-14-22(15-13-21)28(33)29-17-16-26(31)32;1-2/h6-15,18-19,27,30H,1,16-17H2,2-5H3,(H,29,33)(H,31,32);1-2H/b11-10-,20-7+,23-8-,25-9+;. The monoisotopic (exact) mass is 472 g/mol. The molecule has 2 rings (SSSR count). The number of carboxylic acids is 1. The van der Waals surface area contributed by atoms with Gasteiger partial charge in [-0.25, -0.2) is 0 Å². The first kappa shape index (κ1) is 29.0. The Morgan fingerprint density at radius 1 is 1.14 bits per heavy atom. The lowest BCUT2D eigenvalue weighted by Gasteiger charge is -2.26. The van der Waals surface area contributed by atoms with Crippen LogP contribution in [-0.2, 0) is 4.79 Å². The molecule has 0 saturated heterocycles. The minimum atomic E-state index is -0.937. The number of aromatic amines is 1. The van der Waals surface area contributed by atoms with Gasteiger partial charge in [0.25, 0.3) is 5.91 Å². The summed E-state index contributed by atoms with van der Waals surface area (Å²) in [6.45, 7) is 12.2. The second-order valence-electron chi connectivity index (χ2n) is 7.82. The van der Waals surface area contributed by atoms with Gasteiger partial charge in [0, 0.05) is 29.6 Å². The van der Waals surface area contributed by atoms with E-state index >= 15 is 0 Å². The van der Waals surface area contributed by atoms with Crippen molar-refractivity contribution >= 4 is 24.0 Å². The molecule has 184 valence electrons. The molecule has 2 atom stereocenters. The molecule has 0 aliphatic carbocycles. The number of aliphatic carboxylic acids is 1. The number of carbonyl (C=O) groups is 2. The number of amides is 1. The molecule has 0 saturated carbocycles. The van der Waals surface area contributed by atoms with E-state index in [1.807, 2.05) is 39.0 Å². The van der Waals surface area contributed by atoms with Crippen LogP contribution in [0, 0.1) is 12.8 Å². The van der Waals surface area contributed by atoms with Gasteiger partial charge in [-0.1, -0.05) is 62.1 Å². The maximum Gasteiger partial charge on any atom is 0.305 e. The predicted octanol–water partition coefficient (Wildman–Crippen LogP) is 4.65. The van der Waals surface area contributed by atoms with Crippen molar-refractivity contribution < 1.29 is 14.7 Å². The van der Waals surface area contributed by atoms with Crippen molar-refractivity contribution in [3.05, 3.63) is 94.2 Å². The smallest absolute Gasteiger partial charge is 0.305 e. The average Bonchev–Trinajstić information content (AvgIpc) is 3.29. The van der Waals surface area contributed by atoms with Crippen molar-refractivity contribution in [2.75, 3.05) is 6.54 Å². The molecular weight excluding hydrogens is 436 g/mol. The number of hydrogen-bond acceptors (Lipinski definition) is 2. The van der Waals surface area contributed by atoms with E-state index in [2.05, 4.69) is 67.2 Å². The topological polar surface area (TPSA) is 82.2 Å². The highest BCUT2D eigenvalue weighted by atomic mass is 16.4. The largest absolute Gasteiger partial charge is 0.481 e. The Kier molecular flexibility index (Phi) is 12.4. The first-order chi connectivity index (χ1) is 16.9. The summed E-state index contributed by atoms with van der Waals surface area (Å²) in [5, 5.41) is 13.7. The lowest BCUT2D eigenvalue weighted by atomic mass is 9.77. The van der Waals surface area contributed by atoms with Gasteiger partial charge in [0.15, 0.2) is 0 Å². The number of nitrogens with one attached hydrogen (secondary N) is 2. The Morgan fingerprint density at radius 3 is 2.31 bits per heavy atom. The molecular formula is C30H36N2O3. The van der Waals surface area contributed by atoms with Crippen molar-refractivity contribution in [2.24, 2.45) is 0 Å². The number of allylic oxidation sites excluding steroid dienone is 5. The molecule has 5 nitrogen and oxygen atoms in total. The van der Waals surface area contributed by atoms with Crippen LogP contribution in [0.15, 0.2) is 66.9 Å². The average molecular weight is 473 g/mol. The van der Waals surface area contributed by atoms with Crippen LogP contribution >= 0.6 is 0 Å². The summed E-state index contributed by atoms with van der Waals surface area (Å²) in [4.78, 5) is 26.4. The van der Waals surface area contributed by atoms with Crippen molar-refractivity contribution in [3.63, 3.8) is 0 Å². The summed E-state index contributed by atoms with van der Waals surface area (Å²) in [5.74, 6) is -0.980. The second kappa shape index (κ2) is 15.0. The van der Waals surface area contributed by atoms with Gasteiger partial charge >= 0.3 is 5.97 Å². The highest BCUT2D eigenvalue weighted by molar-refractivity contribution is 5.94. The number of benzene rings is 1. The number of hydrogen-bond donors (Lipinski definition) is 3. The fourth-order valence-electron chi connectivity index (χ4n) is 4.10. The Hall–Kier alpha value is -4.04. The molecule has 0 aliphatic heterocycles. The highest BCUT2D eigenvalue weighted by Crippen LogP contribution is 2.37. The van der Waals surface area contributed by atoms with Crippen LogP contribution in [0.25, 0.3) is 12.2 Å². The number of carbonyl (C=O) groups excluding carboxylic acids is 1. The number of carboxylic acid groups (broad SMARTS) is 1. The molecule has 0 radical (unpaired) electrons. The lowest BCUT2D eigenvalue weighted by Crippen LogP contribution is -2.27. The van der Waals surface area contributed by atoms with E-state index in [0.29, 0.717) is 5.56 Å². The van der Waals surface area contributed by atoms with Crippen LogP contribution in [0.2, 0.25) is 0 Å². The van der Waals surface area contributed by atoms with Gasteiger partial charge in [-0.15, -0.1) is 12.8 Å². The van der Waals surface area contributed by atoms with Crippen LogP contribution < -0.4 is 15.9 Å². The summed E-state index contributed by atoms with van der Waals surface area (Å²) in [6.07, 6.45) is 22.2. The van der Waals surface area contributed by atoms with Crippen molar-refractivity contribution in [3.8, 4) is 12.8 Å². The number of terminal acetylenes is 1. The van der Waals surface area contributed by atoms with Gasteiger partial charge in [-0.05, 0) is 60.7 Å². The van der Waals surface area contributed by atoms with Gasteiger partial charge in [0.1, 0.15) is 0 Å². The van der Waals surface area contributed by atoms with Gasteiger partial charge in [0.2, 0.25) is 0 Å². The van der Waals surface area contributed by atoms with Gasteiger partial charge in [-0.3, -0.25) is 9.59 Å². The summed E-state index contributed by atoms with van der Waals surface area (Å²) in [7, 11) is 0. The van der Waals surface area contributed by atoms with Gasteiger partial charge < -0.3 is 15.4 Å². The van der Waals surface area contributed by atoms with E-state index in [1.54, 1.807) is 18.2 Å². The fraction of sp³-hybridized carbons (Fsp3) is 0.267. The van der Waals surface area contributed by atoms with Crippen LogP contribution in [0.3, 0.4) is 0 Å². The Balaban J connectivity index is 0.00000298. The van der Waals surface area contributed by atoms with Crippen molar-refractivity contribution in [2.45, 2.75) is 46.0 Å². The minimum Gasteiger partial charge on any atom is -0.481 e. The Bertz CT molecular complexity index is 1190. The molecule has 1 amide bonds. The molecule has 2 aromatic rings. The van der Waals surface area contributed by atoms with Gasteiger partial charge in [0.05, 0.1) is 6.42 Å². The van der Waals surface area contributed by atoms with E-state index in [-0.39, 0.29) is 30.7 Å². The molecule has 5 heteroatoms. The van der Waals surface area contributed by atoms with Crippen LogP contribution in [0.5, 0.6) is 0 Å². The SMILES string of the molecule is C#C.C=C/C=C\C(=C/C)C(c1c[nH]c(=C/C)/c1=C\C)C(C)c1ccc(C(=O)NCCC(=O)O)cc1. The summed E-state index contributed by atoms with van der Waals surface area (Å²) >= 11 is 0. The third-order valence-corrected chi connectivity index (χ3v) is 5.84. The number of H-pyrrole nitrogens is 1. The van der Waals surface area contributed by atoms with E-state index < -0.39 is 5.97 Å². The van der Waals surface area contributed by atoms with E-state index in [4.69, 9.17) is 5.11 Å². The maximum absolute atomic E-state index is 12.3.